The summed E-state index contributed by atoms with van der Waals surface area (Å²) in [6.07, 6.45) is 4.10. The first-order valence-electron chi connectivity index (χ1n) is 4.56. The molecule has 0 unspecified atom stereocenters. The van der Waals surface area contributed by atoms with Crippen molar-refractivity contribution in [2.45, 2.75) is 0 Å². The number of hydrogen-bond donors (Lipinski definition) is 0. The van der Waals surface area contributed by atoms with Gasteiger partial charge in [-0.05, 0) is 0 Å². The van der Waals surface area contributed by atoms with E-state index in [2.05, 4.69) is 24.3 Å². The van der Waals surface area contributed by atoms with E-state index in [0.717, 1.165) is 11.1 Å². The number of benzene rings is 2. The van der Waals surface area contributed by atoms with Gasteiger partial charge in [-0.15, -0.1) is 42.0 Å². The minimum absolute atomic E-state index is 0. The van der Waals surface area contributed by atoms with Gasteiger partial charge in [-0.1, -0.05) is 0 Å². The van der Waals surface area contributed by atoms with Crippen LogP contribution in [-0.2, 0) is 0 Å². The number of rotatable bonds is 2. The van der Waals surface area contributed by atoms with Crippen LogP contribution in [0.2, 0.25) is 0 Å². The maximum absolute atomic E-state index is 3.14. The Morgan fingerprint density at radius 2 is 1.61 bits per heavy atom. The molecule has 0 amide bonds. The van der Waals surface area contributed by atoms with Crippen LogP contribution in [0, 0.1) is 12.1 Å². The quantitative estimate of drug-likeness (QED) is 0.288. The van der Waals surface area contributed by atoms with Gasteiger partial charge >= 0.3 is 46.1 Å². The van der Waals surface area contributed by atoms with Crippen molar-refractivity contribution in [1.82, 2.24) is 0 Å². The van der Waals surface area contributed by atoms with Crippen molar-refractivity contribution < 1.29 is 34.0 Å². The van der Waals surface area contributed by atoms with Crippen LogP contribution in [0.4, 0.5) is 0 Å². The average Bonchev–Trinajstić information content (AvgIpc) is 2.29. The minimum atomic E-state index is 0. The maximum Gasteiger partial charge on any atom is 2.00 e. The molecular weight excluding hydrogens is 377 g/mol. The fourth-order valence-electron chi connectivity index (χ4n) is 1.21. The van der Waals surface area contributed by atoms with Crippen LogP contribution in [0.5, 0.6) is 0 Å². The normalized spacial score (nSPS) is 8.22. The van der Waals surface area contributed by atoms with Crippen LogP contribution in [0.3, 0.4) is 0 Å². The molecule has 2 aromatic rings. The Morgan fingerprint density at radius 1 is 0.833 bits per heavy atom. The van der Waals surface area contributed by atoms with Gasteiger partial charge in [0.2, 0.25) is 0 Å². The Morgan fingerprint density at radius 3 is 2.17 bits per heavy atom. The van der Waals surface area contributed by atoms with Crippen molar-refractivity contribution in [3.05, 3.63) is 71.8 Å². The van der Waals surface area contributed by atoms with E-state index < -0.39 is 0 Å². The van der Waals surface area contributed by atoms with Crippen molar-refractivity contribution >= 4 is 58.3 Å². The number of halogens is 2. The van der Waals surface area contributed by atoms with E-state index in [1.165, 1.54) is 0 Å². The number of hydrogen-bond acceptors (Lipinski definition) is 0. The molecule has 0 saturated heterocycles. The Kier molecular flexibility index (Phi) is 18.6. The van der Waals surface area contributed by atoms with Gasteiger partial charge in [0.25, 0.3) is 0 Å². The summed E-state index contributed by atoms with van der Waals surface area (Å²) in [5, 5.41) is 0. The molecule has 0 radical (unpaired) electrons. The molecular formula is C14H10Br2Mg2. The second-order valence-corrected chi connectivity index (χ2v) is 2.99. The van der Waals surface area contributed by atoms with Gasteiger partial charge in [0, 0.05) is 0 Å². The molecule has 0 aliphatic carbocycles. The first-order valence-corrected chi connectivity index (χ1v) is 4.56. The molecule has 0 saturated carbocycles. The van der Waals surface area contributed by atoms with Crippen molar-refractivity contribution in [3.8, 4) is 0 Å². The zero-order valence-electron chi connectivity index (χ0n) is 9.94. The first kappa shape index (κ1) is 23.7. The summed E-state index contributed by atoms with van der Waals surface area (Å²) >= 11 is 0. The van der Waals surface area contributed by atoms with Crippen LogP contribution in [0.25, 0.3) is 12.2 Å². The van der Waals surface area contributed by atoms with Gasteiger partial charge in [0.1, 0.15) is 0 Å². The maximum atomic E-state index is 3.14. The predicted molar refractivity (Wildman–Crippen MR) is 71.0 cm³/mol. The molecule has 2 rings (SSSR count). The molecule has 0 aliphatic rings. The Balaban J connectivity index is -0.000000562. The monoisotopic (exact) mass is 384 g/mol. The van der Waals surface area contributed by atoms with Gasteiger partial charge in [-0.25, -0.2) is 0 Å². The van der Waals surface area contributed by atoms with Crippen molar-refractivity contribution in [1.29, 1.82) is 0 Å². The van der Waals surface area contributed by atoms with Crippen molar-refractivity contribution in [2.75, 3.05) is 0 Å². The van der Waals surface area contributed by atoms with Crippen LogP contribution in [0.1, 0.15) is 11.1 Å². The molecule has 0 N–H and O–H groups in total. The standard InChI is InChI=1S/C14H10.2BrH.2Mg/c1-3-7-13(8-4-1)11-12-14-9-5-2-6-10-14;;;;/h1-5,7,9-12H;2*1H;;/q-2;;;2*+2/p-2/b12-11+;;;;. The fourth-order valence-corrected chi connectivity index (χ4v) is 1.21. The van der Waals surface area contributed by atoms with E-state index in [1.807, 2.05) is 48.5 Å². The molecule has 0 spiro atoms. The van der Waals surface area contributed by atoms with Gasteiger partial charge in [-0.3, -0.25) is 0 Å². The summed E-state index contributed by atoms with van der Waals surface area (Å²) in [6.45, 7) is 0. The Bertz CT molecular complexity index is 375. The molecule has 0 fully saturated rings. The third-order valence-corrected chi connectivity index (χ3v) is 1.92. The summed E-state index contributed by atoms with van der Waals surface area (Å²) in [5.74, 6) is 0. The topological polar surface area (TPSA) is 0 Å². The summed E-state index contributed by atoms with van der Waals surface area (Å²) in [4.78, 5) is 0. The molecule has 84 valence electrons. The minimum Gasteiger partial charge on any atom is -1.00 e. The third-order valence-electron chi connectivity index (χ3n) is 1.92. The van der Waals surface area contributed by atoms with Gasteiger partial charge < -0.3 is 34.0 Å². The molecule has 18 heavy (non-hydrogen) atoms. The summed E-state index contributed by atoms with van der Waals surface area (Å²) in [5.41, 5.74) is 2.25. The van der Waals surface area contributed by atoms with E-state index in [1.54, 1.807) is 0 Å². The Hall–Kier alpha value is 0.672. The van der Waals surface area contributed by atoms with E-state index in [-0.39, 0.29) is 80.1 Å². The molecule has 0 atom stereocenters. The Labute approximate surface area is 162 Å². The van der Waals surface area contributed by atoms with Crippen LogP contribution in [0.15, 0.2) is 48.5 Å². The third kappa shape index (κ3) is 8.72. The van der Waals surface area contributed by atoms with Crippen LogP contribution < -0.4 is 34.0 Å². The zero-order chi connectivity index (χ0) is 9.64. The van der Waals surface area contributed by atoms with E-state index in [4.69, 9.17) is 0 Å². The summed E-state index contributed by atoms with van der Waals surface area (Å²) < 4.78 is 0. The summed E-state index contributed by atoms with van der Waals surface area (Å²) in [7, 11) is 0. The zero-order valence-corrected chi connectivity index (χ0v) is 15.9. The van der Waals surface area contributed by atoms with Gasteiger partial charge in [0.05, 0.1) is 0 Å². The molecule has 2 aromatic carbocycles. The second-order valence-electron chi connectivity index (χ2n) is 2.99. The molecule has 0 aliphatic heterocycles. The average molecular weight is 387 g/mol. The smallest absolute Gasteiger partial charge is 1.00 e. The van der Waals surface area contributed by atoms with Crippen molar-refractivity contribution in [3.63, 3.8) is 0 Å². The molecule has 0 heterocycles. The molecule has 0 aromatic heterocycles. The van der Waals surface area contributed by atoms with Gasteiger partial charge in [-0.2, -0.15) is 42.0 Å². The van der Waals surface area contributed by atoms with Crippen LogP contribution in [-0.4, -0.2) is 46.1 Å². The second kappa shape index (κ2) is 14.1. The van der Waals surface area contributed by atoms with Gasteiger partial charge in [0.15, 0.2) is 0 Å². The van der Waals surface area contributed by atoms with Crippen molar-refractivity contribution in [2.24, 2.45) is 0 Å². The largest absolute Gasteiger partial charge is 2.00 e. The molecule has 4 heteroatoms. The fraction of sp³-hybridized carbons (Fsp3) is 0. The predicted octanol–water partition coefficient (Wildman–Crippen LogP) is -3.30. The van der Waals surface area contributed by atoms with E-state index in [9.17, 15) is 0 Å². The van der Waals surface area contributed by atoms with E-state index >= 15 is 0 Å². The SMILES string of the molecule is [Br-].[Br-].[Mg+2].[Mg+2].[c-]1cccc(/C=C/c2[c-]cccc2)c1. The molecule has 0 nitrogen and oxygen atoms in total. The first-order chi connectivity index (χ1) is 6.95. The summed E-state index contributed by atoms with van der Waals surface area (Å²) in [6, 6.07) is 22.0. The van der Waals surface area contributed by atoms with Crippen LogP contribution >= 0.6 is 0 Å². The molecule has 0 bridgehead atoms. The van der Waals surface area contributed by atoms with E-state index in [0.29, 0.717) is 0 Å².